The fourth-order valence-corrected chi connectivity index (χ4v) is 5.65. The predicted molar refractivity (Wildman–Crippen MR) is 219 cm³/mol. The quantitative estimate of drug-likeness (QED) is 0.0484. The van der Waals surface area contributed by atoms with Crippen molar-refractivity contribution in [3.63, 3.8) is 0 Å². The van der Waals surface area contributed by atoms with Crippen LogP contribution in [0.2, 0.25) is 0 Å². The minimum Gasteiger partial charge on any atom is -0.481 e. The van der Waals surface area contributed by atoms with Crippen LogP contribution in [0.5, 0.6) is 0 Å². The Labute approximate surface area is 341 Å². The van der Waals surface area contributed by atoms with Gasteiger partial charge in [-0.1, -0.05) is 77.0 Å². The molecule has 57 heavy (non-hydrogen) atoms. The fraction of sp³-hybridized carbons (Fsp3) is 0.854. The van der Waals surface area contributed by atoms with Gasteiger partial charge in [-0.15, -0.1) is 0 Å². The number of amides is 4. The van der Waals surface area contributed by atoms with E-state index in [-0.39, 0.29) is 69.1 Å². The van der Waals surface area contributed by atoms with Crippen LogP contribution in [0.3, 0.4) is 0 Å². The minimum absolute atomic E-state index is 0.0346. The van der Waals surface area contributed by atoms with Crippen molar-refractivity contribution >= 4 is 35.4 Å². The highest BCUT2D eigenvalue weighted by atomic mass is 16.5. The van der Waals surface area contributed by atoms with Gasteiger partial charge in [-0.05, 0) is 45.4 Å². The summed E-state index contributed by atoms with van der Waals surface area (Å²) in [5.41, 5.74) is 5.67. The van der Waals surface area contributed by atoms with E-state index >= 15 is 0 Å². The summed E-state index contributed by atoms with van der Waals surface area (Å²) in [6.45, 7) is 4.60. The number of ether oxygens (including phenoxy) is 4. The number of rotatable bonds is 43. The Bertz CT molecular complexity index is 1050. The number of carboxylic acids is 1. The first-order valence-electron chi connectivity index (χ1n) is 21.5. The Kier molecular flexibility index (Phi) is 38.7. The molecule has 7 N–H and O–H groups in total. The third-order valence-electron chi connectivity index (χ3n) is 9.08. The van der Waals surface area contributed by atoms with Crippen molar-refractivity contribution in [2.75, 3.05) is 79.0 Å². The van der Waals surface area contributed by atoms with Crippen LogP contribution in [0, 0.1) is 0 Å². The summed E-state index contributed by atoms with van der Waals surface area (Å²) < 4.78 is 21.4. The number of carbonyl (C=O) groups excluding carboxylic acids is 5. The topological polar surface area (TPSA) is 234 Å². The van der Waals surface area contributed by atoms with Gasteiger partial charge in [0.25, 0.3) is 0 Å². The molecule has 16 nitrogen and oxygen atoms in total. The third-order valence-corrected chi connectivity index (χ3v) is 9.08. The van der Waals surface area contributed by atoms with Gasteiger partial charge in [0.1, 0.15) is 19.0 Å². The number of Topliss-reactive ketones (excluding diaryl/α,β-unsaturated/α-hetero) is 1. The number of nitrogens with one attached hydrogen (secondary N) is 4. The summed E-state index contributed by atoms with van der Waals surface area (Å²) >= 11 is 0. The second kappa shape index (κ2) is 41.0. The molecule has 0 saturated heterocycles. The first kappa shape index (κ1) is 53.8. The van der Waals surface area contributed by atoms with Gasteiger partial charge in [0.15, 0.2) is 0 Å². The molecule has 0 aliphatic heterocycles. The van der Waals surface area contributed by atoms with Gasteiger partial charge < -0.3 is 51.1 Å². The Hall–Kier alpha value is -3.18. The number of hydrogen-bond acceptors (Lipinski definition) is 11. The van der Waals surface area contributed by atoms with Gasteiger partial charge >= 0.3 is 5.97 Å². The Morgan fingerprint density at radius 2 is 0.807 bits per heavy atom. The van der Waals surface area contributed by atoms with Crippen molar-refractivity contribution in [3.8, 4) is 0 Å². The normalized spacial score (nSPS) is 11.5. The van der Waals surface area contributed by atoms with E-state index in [0.717, 1.165) is 51.4 Å². The maximum atomic E-state index is 12.1. The van der Waals surface area contributed by atoms with E-state index in [2.05, 4.69) is 21.3 Å². The van der Waals surface area contributed by atoms with Crippen molar-refractivity contribution in [1.82, 2.24) is 21.3 Å². The molecule has 4 amide bonds. The van der Waals surface area contributed by atoms with Gasteiger partial charge in [0, 0.05) is 45.4 Å². The molecule has 0 aromatic rings. The summed E-state index contributed by atoms with van der Waals surface area (Å²) in [5.74, 6) is -1.29. The molecule has 1 unspecified atom stereocenters. The summed E-state index contributed by atoms with van der Waals surface area (Å²) in [6, 6.07) is -0.440. The maximum absolute atomic E-state index is 12.1. The number of carboxylic acid groups (broad SMARTS) is 1. The lowest BCUT2D eigenvalue weighted by molar-refractivity contribution is -0.137. The molecule has 332 valence electrons. The molecule has 0 saturated carbocycles. The van der Waals surface area contributed by atoms with Crippen molar-refractivity contribution < 1.29 is 52.8 Å². The number of aliphatic carboxylic acids is 1. The van der Waals surface area contributed by atoms with Gasteiger partial charge in [0.2, 0.25) is 23.6 Å². The Balaban J connectivity index is 3.39. The zero-order chi connectivity index (χ0) is 42.0. The summed E-state index contributed by atoms with van der Waals surface area (Å²) in [7, 11) is 0. The van der Waals surface area contributed by atoms with Crippen LogP contribution in [-0.4, -0.2) is 126 Å². The summed E-state index contributed by atoms with van der Waals surface area (Å²) in [6.07, 6.45) is 19.9. The lowest BCUT2D eigenvalue weighted by atomic mass is 10.0. The monoisotopic (exact) mass is 816 g/mol. The van der Waals surface area contributed by atoms with Crippen LogP contribution in [0.25, 0.3) is 0 Å². The van der Waals surface area contributed by atoms with Crippen LogP contribution in [0.1, 0.15) is 142 Å². The number of nitrogens with two attached hydrogens (primary N) is 1. The molecule has 0 radical (unpaired) electrons. The molecule has 16 heteroatoms. The minimum atomic E-state index is -0.696. The van der Waals surface area contributed by atoms with Crippen molar-refractivity contribution in [3.05, 3.63) is 0 Å². The van der Waals surface area contributed by atoms with Crippen molar-refractivity contribution in [1.29, 1.82) is 0 Å². The smallest absolute Gasteiger partial charge is 0.303 e. The molecule has 0 aliphatic carbocycles. The first-order valence-corrected chi connectivity index (χ1v) is 21.5. The third kappa shape index (κ3) is 42.3. The second-order valence-electron chi connectivity index (χ2n) is 14.4. The van der Waals surface area contributed by atoms with Crippen LogP contribution in [0.4, 0.5) is 0 Å². The SMILES string of the molecule is CC(=O)C(N)CCCCNC(=O)COCCOCCNC(=O)COCCOCCNC(=O)CCCNC(=O)CCCCCCCCCCCCCCCCC(=O)O. The largest absolute Gasteiger partial charge is 0.481 e. The number of carbonyl (C=O) groups is 6. The van der Waals surface area contributed by atoms with Crippen LogP contribution in [0.15, 0.2) is 0 Å². The standard InChI is InChI=1S/C41H77N5O11/c1-35(47)36(42)19-16-17-23-44-39(50)33-56-31-30-55-28-26-46-40(51)34-57-32-29-54-27-25-45-38(49)21-18-24-43-37(48)20-14-12-10-8-6-4-2-3-5-7-9-11-13-15-22-41(52)53/h36H,2-34,42H2,1H3,(H,43,48)(H,44,50)(H,45,49)(H,46,51)(H,52,53). The van der Waals surface area contributed by atoms with Gasteiger partial charge in [-0.3, -0.25) is 28.8 Å². The van der Waals surface area contributed by atoms with E-state index < -0.39 is 12.0 Å². The Morgan fingerprint density at radius 3 is 1.28 bits per heavy atom. The second-order valence-corrected chi connectivity index (χ2v) is 14.4. The zero-order valence-corrected chi connectivity index (χ0v) is 35.0. The van der Waals surface area contributed by atoms with Gasteiger partial charge in [0.05, 0.1) is 45.7 Å². The lowest BCUT2D eigenvalue weighted by Crippen LogP contribution is -2.32. The van der Waals surface area contributed by atoms with E-state index in [1.165, 1.54) is 58.3 Å². The summed E-state index contributed by atoms with van der Waals surface area (Å²) in [5, 5.41) is 19.7. The number of ketones is 1. The fourth-order valence-electron chi connectivity index (χ4n) is 5.65. The average Bonchev–Trinajstić information content (AvgIpc) is 3.17. The lowest BCUT2D eigenvalue weighted by Gasteiger charge is -2.09. The summed E-state index contributed by atoms with van der Waals surface area (Å²) in [4.78, 5) is 69.3. The van der Waals surface area contributed by atoms with E-state index in [1.807, 2.05) is 0 Å². The molecule has 0 rings (SSSR count). The first-order chi connectivity index (χ1) is 27.6. The Morgan fingerprint density at radius 1 is 0.439 bits per heavy atom. The van der Waals surface area contributed by atoms with E-state index in [9.17, 15) is 28.8 Å². The molecule has 0 aliphatic rings. The van der Waals surface area contributed by atoms with Gasteiger partial charge in [-0.25, -0.2) is 0 Å². The van der Waals surface area contributed by atoms with Crippen molar-refractivity contribution in [2.45, 2.75) is 148 Å². The van der Waals surface area contributed by atoms with E-state index in [1.54, 1.807) is 0 Å². The maximum Gasteiger partial charge on any atom is 0.303 e. The number of hydrogen-bond donors (Lipinski definition) is 6. The molecular weight excluding hydrogens is 738 g/mol. The molecule has 0 heterocycles. The molecule has 0 aromatic heterocycles. The number of unbranched alkanes of at least 4 members (excludes halogenated alkanes) is 14. The van der Waals surface area contributed by atoms with E-state index in [4.69, 9.17) is 29.8 Å². The predicted octanol–water partition coefficient (Wildman–Crippen LogP) is 3.71. The molecule has 0 bridgehead atoms. The molecule has 1 atom stereocenters. The van der Waals surface area contributed by atoms with Crippen LogP contribution in [-0.2, 0) is 47.7 Å². The highest BCUT2D eigenvalue weighted by molar-refractivity contribution is 5.81. The van der Waals surface area contributed by atoms with Gasteiger partial charge in [-0.2, -0.15) is 0 Å². The highest BCUT2D eigenvalue weighted by Gasteiger charge is 2.08. The zero-order valence-electron chi connectivity index (χ0n) is 35.0. The molecule has 0 aromatic carbocycles. The van der Waals surface area contributed by atoms with Crippen LogP contribution < -0.4 is 27.0 Å². The highest BCUT2D eigenvalue weighted by Crippen LogP contribution is 2.14. The van der Waals surface area contributed by atoms with Crippen LogP contribution >= 0.6 is 0 Å². The molecule has 0 fully saturated rings. The van der Waals surface area contributed by atoms with E-state index in [0.29, 0.717) is 71.5 Å². The average molecular weight is 816 g/mol. The van der Waals surface area contributed by atoms with Crippen molar-refractivity contribution in [2.24, 2.45) is 5.73 Å². The molecule has 0 spiro atoms. The molecular formula is C41H77N5O11.